The molecule has 6 nitrogen and oxygen atoms in total. The first-order valence-corrected chi connectivity index (χ1v) is 6.11. The number of quaternary nitrogens is 1. The van der Waals surface area contributed by atoms with Crippen molar-refractivity contribution < 1.29 is 22.1 Å². The van der Waals surface area contributed by atoms with Gasteiger partial charge in [-0.2, -0.15) is 10.0 Å². The number of carbonyl (C=O) groups is 1. The van der Waals surface area contributed by atoms with Gasteiger partial charge < -0.3 is 12.4 Å². The Balaban J connectivity index is 0.00000133. The molecule has 0 bridgehead atoms. The molecule has 1 saturated heterocycles. The molecule has 3 rings (SSSR count). The van der Waals surface area contributed by atoms with Gasteiger partial charge in [-0.25, -0.2) is 0 Å². The second kappa shape index (κ2) is 4.79. The second-order valence-electron chi connectivity index (χ2n) is 4.88. The molecule has 0 aliphatic carbocycles. The molecule has 2 aliphatic rings. The van der Waals surface area contributed by atoms with Crippen LogP contribution < -0.4 is 22.4 Å². The number of piperidine rings is 1. The first kappa shape index (κ1) is 13.8. The highest BCUT2D eigenvalue weighted by Gasteiger charge is 2.45. The number of hydrogen-bond donors (Lipinski definition) is 1. The van der Waals surface area contributed by atoms with Crippen LogP contribution in [0.25, 0.3) is 0 Å². The first-order chi connectivity index (χ1) is 8.62. The summed E-state index contributed by atoms with van der Waals surface area (Å²) in [4.78, 5) is 22.2. The monoisotopic (exact) mass is 283 g/mol. The number of halogens is 1. The maximum Gasteiger partial charge on any atom is 0.302 e. The van der Waals surface area contributed by atoms with Crippen molar-refractivity contribution in [1.29, 1.82) is 0 Å². The van der Waals surface area contributed by atoms with Crippen LogP contribution in [0, 0.1) is 10.1 Å². The number of carbonyl (C=O) groups excluding carboxylic acids is 1. The van der Waals surface area contributed by atoms with Crippen LogP contribution in [-0.2, 0) is 0 Å². The quantitative estimate of drug-likeness (QED) is 0.398. The lowest BCUT2D eigenvalue weighted by molar-refractivity contribution is -0.384. The zero-order valence-electron chi connectivity index (χ0n) is 10.3. The number of nitrogens with one attached hydrogen (secondary N) is 1. The van der Waals surface area contributed by atoms with Crippen molar-refractivity contribution in [2.24, 2.45) is 0 Å². The Bertz CT molecular complexity index is 541. The van der Waals surface area contributed by atoms with Gasteiger partial charge in [0.05, 0.1) is 4.92 Å². The van der Waals surface area contributed by atoms with Gasteiger partial charge in [0.2, 0.25) is 0 Å². The van der Waals surface area contributed by atoms with Crippen LogP contribution in [0.2, 0.25) is 0 Å². The standard InChI is InChI=1S/C12H13N3O3.ClH/c16-12-10-8-9(14(17)18)4-5-11(10)15(13-12)6-2-1-3-7-15;/h4-5,8H,1-3,6-7H2;1H. The van der Waals surface area contributed by atoms with E-state index in [0.717, 1.165) is 31.6 Å². The van der Waals surface area contributed by atoms with Crippen molar-refractivity contribution in [3.63, 3.8) is 0 Å². The lowest BCUT2D eigenvalue weighted by atomic mass is 10.1. The molecule has 0 unspecified atom stereocenters. The van der Waals surface area contributed by atoms with E-state index >= 15 is 0 Å². The van der Waals surface area contributed by atoms with Gasteiger partial charge >= 0.3 is 5.91 Å². The Labute approximate surface area is 116 Å². The van der Waals surface area contributed by atoms with E-state index in [0.29, 0.717) is 10.2 Å². The average Bonchev–Trinajstić information content (AvgIpc) is 2.63. The number of rotatable bonds is 1. The number of nitro benzene ring substituents is 1. The molecule has 2 heterocycles. The molecule has 0 atom stereocenters. The molecule has 102 valence electrons. The van der Waals surface area contributed by atoms with E-state index in [9.17, 15) is 14.9 Å². The highest BCUT2D eigenvalue weighted by molar-refractivity contribution is 6.04. The van der Waals surface area contributed by atoms with E-state index in [2.05, 4.69) is 5.43 Å². The van der Waals surface area contributed by atoms with E-state index in [1.807, 2.05) is 0 Å². The topological polar surface area (TPSA) is 72.2 Å². The number of nitrogens with zero attached hydrogens (tertiary/aromatic N) is 2. The minimum absolute atomic E-state index is 0. The Morgan fingerprint density at radius 1 is 1.21 bits per heavy atom. The summed E-state index contributed by atoms with van der Waals surface area (Å²) < 4.78 is 0.464. The molecule has 1 N–H and O–H groups in total. The van der Waals surface area contributed by atoms with Crippen molar-refractivity contribution in [2.75, 3.05) is 13.1 Å². The van der Waals surface area contributed by atoms with Crippen LogP contribution in [0.4, 0.5) is 11.4 Å². The normalized spacial score (nSPS) is 19.5. The van der Waals surface area contributed by atoms with E-state index < -0.39 is 4.92 Å². The van der Waals surface area contributed by atoms with Crippen molar-refractivity contribution >= 4 is 17.3 Å². The van der Waals surface area contributed by atoms with Gasteiger partial charge in [-0.05, 0) is 19.3 Å². The van der Waals surface area contributed by atoms with Crippen molar-refractivity contribution in [2.45, 2.75) is 19.3 Å². The number of hydrogen-bond acceptors (Lipinski definition) is 3. The first-order valence-electron chi connectivity index (χ1n) is 6.11. The van der Waals surface area contributed by atoms with Gasteiger partial charge in [-0.15, -0.1) is 0 Å². The van der Waals surface area contributed by atoms with Crippen molar-refractivity contribution in [3.05, 3.63) is 33.9 Å². The van der Waals surface area contributed by atoms with Crippen molar-refractivity contribution in [1.82, 2.24) is 10.0 Å². The van der Waals surface area contributed by atoms with E-state index in [-0.39, 0.29) is 24.0 Å². The largest absolute Gasteiger partial charge is 1.00 e. The van der Waals surface area contributed by atoms with Crippen LogP contribution in [-0.4, -0.2) is 23.9 Å². The zero-order chi connectivity index (χ0) is 12.8. The summed E-state index contributed by atoms with van der Waals surface area (Å²) in [6.07, 6.45) is 3.31. The van der Waals surface area contributed by atoms with Crippen LogP contribution in [0.3, 0.4) is 0 Å². The van der Waals surface area contributed by atoms with E-state index in [1.165, 1.54) is 18.6 Å². The molecule has 1 aromatic carbocycles. The summed E-state index contributed by atoms with van der Waals surface area (Å²) >= 11 is 0. The highest BCUT2D eigenvalue weighted by Crippen LogP contribution is 2.36. The smallest absolute Gasteiger partial charge is 0.302 e. The number of fused-ring (bicyclic) bond motifs is 2. The van der Waals surface area contributed by atoms with Gasteiger partial charge in [0.1, 0.15) is 18.7 Å². The van der Waals surface area contributed by atoms with Crippen LogP contribution in [0.5, 0.6) is 0 Å². The molecule has 7 heteroatoms. The number of benzene rings is 1. The molecule has 2 aliphatic heterocycles. The van der Waals surface area contributed by atoms with Crippen LogP contribution >= 0.6 is 0 Å². The molecule has 1 amide bonds. The lowest BCUT2D eigenvalue weighted by Gasteiger charge is -2.35. The average molecular weight is 284 g/mol. The molecule has 1 fully saturated rings. The van der Waals surface area contributed by atoms with Gasteiger partial charge in [-0.1, -0.05) is 0 Å². The lowest BCUT2D eigenvalue weighted by Crippen LogP contribution is -3.00. The summed E-state index contributed by atoms with van der Waals surface area (Å²) in [5.41, 5.74) is 4.28. The molecular weight excluding hydrogens is 270 g/mol. The fourth-order valence-corrected chi connectivity index (χ4v) is 2.91. The van der Waals surface area contributed by atoms with Gasteiger partial charge in [0, 0.05) is 18.2 Å². The molecule has 19 heavy (non-hydrogen) atoms. The zero-order valence-corrected chi connectivity index (χ0v) is 11.0. The molecule has 0 saturated carbocycles. The van der Waals surface area contributed by atoms with E-state index in [1.54, 1.807) is 6.07 Å². The third-order valence-corrected chi connectivity index (χ3v) is 3.79. The highest BCUT2D eigenvalue weighted by atomic mass is 35.5. The number of non-ortho nitro benzene ring substituents is 1. The summed E-state index contributed by atoms with van der Waals surface area (Å²) in [6.45, 7) is 1.74. The SMILES string of the molecule is O=C1N[N+]2(CCCCC2)c2ccc([N+](=O)[O-])cc21.[Cl-]. The Morgan fingerprint density at radius 3 is 2.53 bits per heavy atom. The summed E-state index contributed by atoms with van der Waals surface area (Å²) in [6, 6.07) is 4.58. The number of amides is 1. The molecule has 0 radical (unpaired) electrons. The molecule has 0 aromatic heterocycles. The summed E-state index contributed by atoms with van der Waals surface area (Å²) in [7, 11) is 0. The van der Waals surface area contributed by atoms with Crippen LogP contribution in [0.15, 0.2) is 18.2 Å². The maximum atomic E-state index is 12.0. The molecular formula is C12H14ClN3O3. The Kier molecular flexibility index (Phi) is 3.47. The third-order valence-electron chi connectivity index (χ3n) is 3.79. The minimum atomic E-state index is -0.466. The Morgan fingerprint density at radius 2 is 1.89 bits per heavy atom. The third kappa shape index (κ3) is 2.06. The molecule has 1 aromatic rings. The predicted molar refractivity (Wildman–Crippen MR) is 65.9 cm³/mol. The Hall–Kier alpha value is -1.66. The van der Waals surface area contributed by atoms with Gasteiger partial charge in [0.25, 0.3) is 5.69 Å². The fraction of sp³-hybridized carbons (Fsp3) is 0.417. The van der Waals surface area contributed by atoms with Gasteiger partial charge in [0.15, 0.2) is 5.69 Å². The number of nitro groups is 1. The summed E-state index contributed by atoms with van der Waals surface area (Å²) in [5, 5.41) is 10.7. The van der Waals surface area contributed by atoms with Gasteiger partial charge in [-0.3, -0.25) is 14.9 Å². The maximum absolute atomic E-state index is 12.0. The molecule has 1 spiro atoms. The minimum Gasteiger partial charge on any atom is -1.00 e. The van der Waals surface area contributed by atoms with E-state index in [4.69, 9.17) is 0 Å². The summed E-state index contributed by atoms with van der Waals surface area (Å²) in [5.74, 6) is -0.199. The second-order valence-corrected chi connectivity index (χ2v) is 4.88. The predicted octanol–water partition coefficient (Wildman–Crippen LogP) is -1.25. The van der Waals surface area contributed by atoms with Crippen LogP contribution in [0.1, 0.15) is 29.6 Å². The fourth-order valence-electron chi connectivity index (χ4n) is 2.91. The van der Waals surface area contributed by atoms with Crippen molar-refractivity contribution in [3.8, 4) is 0 Å².